The number of hydrogen-bond donors (Lipinski definition) is 2. The molecule has 1 aliphatic carbocycles. The number of aromatic hydroxyl groups is 1. The topological polar surface area (TPSA) is 96.3 Å². The Bertz CT molecular complexity index is 2270. The number of fused-ring (bicyclic) bond motifs is 3. The van der Waals surface area contributed by atoms with E-state index in [1.165, 1.54) is 0 Å². The molecule has 0 spiro atoms. The molecule has 2 saturated heterocycles. The molecule has 15 heteroatoms. The Morgan fingerprint density at radius 1 is 0.836 bits per heavy atom. The van der Waals surface area contributed by atoms with Crippen molar-refractivity contribution in [3.8, 4) is 5.75 Å². The fourth-order valence-corrected chi connectivity index (χ4v) is 14.1. The van der Waals surface area contributed by atoms with Gasteiger partial charge in [-0.3, -0.25) is 9.59 Å². The van der Waals surface area contributed by atoms with Crippen molar-refractivity contribution < 1.29 is 55.1 Å². The van der Waals surface area contributed by atoms with Gasteiger partial charge in [-0.2, -0.15) is 26.3 Å². The number of benzene rings is 4. The highest BCUT2D eigenvalue weighted by Gasteiger charge is 2.59. The summed E-state index contributed by atoms with van der Waals surface area (Å²) in [5.74, 6) is -4.99. The molecule has 2 fully saturated rings. The Kier molecular flexibility index (Phi) is 12.1. The molecule has 0 saturated carbocycles. The van der Waals surface area contributed by atoms with Crippen LogP contribution >= 0.6 is 0 Å². The summed E-state index contributed by atoms with van der Waals surface area (Å²) in [5, 5.41) is 22.7. The van der Waals surface area contributed by atoms with E-state index in [2.05, 4.69) is 20.8 Å². The van der Waals surface area contributed by atoms with Gasteiger partial charge in [0.15, 0.2) is 0 Å². The number of carbonyl (C=O) groups is 2. The molecule has 0 unspecified atom stereocenters. The smallest absolute Gasteiger partial charge is 0.455 e. The summed E-state index contributed by atoms with van der Waals surface area (Å²) in [4.78, 5) is 29.4. The van der Waals surface area contributed by atoms with E-state index in [4.69, 9.17) is 9.08 Å². The van der Waals surface area contributed by atoms with Gasteiger partial charge in [-0.05, 0) is 101 Å². The Balaban J connectivity index is 1.33. The lowest BCUT2D eigenvalue weighted by molar-refractivity contribution is -0.143. The minimum absolute atomic E-state index is 0.0281. The monoisotopic (exact) mass is 861 g/mol. The highest BCUT2D eigenvalue weighted by molar-refractivity contribution is 6.99. The molecular weight excluding hydrogens is 815 g/mol. The SMILES string of the molecule is C/C(=C\c1cccc(O)c1)CC[C@H]1OB(O)C[C@H]2C1=C(CO[Si](c1ccccc1)(c1ccccc1)C(C)(C)C)C[C@H]1C(=O)N(c3cc(C(F)(F)F)cc(C(F)(F)F)c3)C(=O)[C@H]12. The highest BCUT2D eigenvalue weighted by Crippen LogP contribution is 2.52. The van der Waals surface area contributed by atoms with Crippen molar-refractivity contribution in [2.24, 2.45) is 17.8 Å². The predicted octanol–water partition coefficient (Wildman–Crippen LogP) is 9.19. The molecule has 4 aromatic carbocycles. The Hall–Kier alpha value is -4.96. The average Bonchev–Trinajstić information content (AvgIpc) is 3.44. The van der Waals surface area contributed by atoms with E-state index >= 15 is 0 Å². The number of allylic oxidation sites excluding steroid dienone is 1. The Morgan fingerprint density at radius 3 is 1.97 bits per heavy atom. The van der Waals surface area contributed by atoms with Crippen LogP contribution in [0.1, 0.15) is 63.6 Å². The first kappa shape index (κ1) is 44.1. The summed E-state index contributed by atoms with van der Waals surface area (Å²) >= 11 is 0. The van der Waals surface area contributed by atoms with E-state index in [0.717, 1.165) is 21.5 Å². The van der Waals surface area contributed by atoms with Crippen molar-refractivity contribution in [2.45, 2.75) is 76.8 Å². The van der Waals surface area contributed by atoms with Crippen LogP contribution in [0, 0.1) is 17.8 Å². The minimum Gasteiger partial charge on any atom is -0.508 e. The van der Waals surface area contributed by atoms with Gasteiger partial charge in [-0.25, -0.2) is 4.90 Å². The molecule has 4 aromatic rings. The maximum atomic E-state index is 14.5. The summed E-state index contributed by atoms with van der Waals surface area (Å²) in [6.45, 7) is 8.17. The van der Waals surface area contributed by atoms with Gasteiger partial charge in [0, 0.05) is 0 Å². The summed E-state index contributed by atoms with van der Waals surface area (Å²) in [5.41, 5.74) is -1.18. The van der Waals surface area contributed by atoms with Crippen molar-refractivity contribution in [1.29, 1.82) is 0 Å². The Labute approximate surface area is 352 Å². The number of amides is 2. The van der Waals surface area contributed by atoms with Crippen molar-refractivity contribution in [1.82, 2.24) is 0 Å². The van der Waals surface area contributed by atoms with Gasteiger partial charge in [0.2, 0.25) is 11.8 Å². The van der Waals surface area contributed by atoms with Crippen LogP contribution in [0.15, 0.2) is 120 Å². The zero-order chi connectivity index (χ0) is 44.1. The molecule has 7 rings (SSSR count). The molecule has 0 radical (unpaired) electrons. The molecule has 0 bridgehead atoms. The number of imide groups is 1. The lowest BCUT2D eigenvalue weighted by Crippen LogP contribution is -2.66. The fraction of sp³-hybridized carbons (Fsp3) is 0.348. The first-order chi connectivity index (χ1) is 28.7. The molecule has 2 amide bonds. The first-order valence-corrected chi connectivity index (χ1v) is 22.0. The van der Waals surface area contributed by atoms with Gasteiger partial charge < -0.3 is 19.2 Å². The first-order valence-electron chi connectivity index (χ1n) is 20.1. The number of halogens is 6. The average molecular weight is 862 g/mol. The van der Waals surface area contributed by atoms with Gasteiger partial charge in [0.25, 0.3) is 8.32 Å². The van der Waals surface area contributed by atoms with Crippen molar-refractivity contribution in [3.63, 3.8) is 0 Å². The summed E-state index contributed by atoms with van der Waals surface area (Å²) in [6.07, 6.45) is -8.76. The molecule has 7 nitrogen and oxygen atoms in total. The van der Waals surface area contributed by atoms with E-state index in [-0.39, 0.29) is 31.2 Å². The molecular formula is C46H46BF6NO6Si. The molecule has 2 N–H and O–H groups in total. The van der Waals surface area contributed by atoms with Crippen molar-refractivity contribution in [2.75, 3.05) is 11.5 Å². The van der Waals surface area contributed by atoms with Gasteiger partial charge >= 0.3 is 19.5 Å². The zero-order valence-corrected chi connectivity index (χ0v) is 35.1. The van der Waals surface area contributed by atoms with Gasteiger partial charge in [-0.1, -0.05) is 105 Å². The van der Waals surface area contributed by atoms with Crippen LogP contribution in [0.5, 0.6) is 5.75 Å². The number of carbonyl (C=O) groups excluding carboxylic acids is 2. The lowest BCUT2D eigenvalue weighted by atomic mass is 9.58. The van der Waals surface area contributed by atoms with Crippen LogP contribution in [-0.2, 0) is 31.0 Å². The fourth-order valence-electron chi connectivity index (χ4n) is 9.51. The molecule has 2 heterocycles. The number of alkyl halides is 6. The maximum absolute atomic E-state index is 14.5. The van der Waals surface area contributed by atoms with Crippen LogP contribution in [0.4, 0.5) is 32.0 Å². The third kappa shape index (κ3) is 8.75. The van der Waals surface area contributed by atoms with Crippen LogP contribution in [-0.4, -0.2) is 50.1 Å². The minimum atomic E-state index is -5.21. The molecule has 320 valence electrons. The summed E-state index contributed by atoms with van der Waals surface area (Å²) in [7, 11) is -4.61. The van der Waals surface area contributed by atoms with E-state index in [9.17, 15) is 46.1 Å². The van der Waals surface area contributed by atoms with E-state index in [0.29, 0.717) is 41.0 Å². The molecule has 4 atom stereocenters. The van der Waals surface area contributed by atoms with Crippen LogP contribution in [0.2, 0.25) is 11.4 Å². The largest absolute Gasteiger partial charge is 0.508 e. The standard InChI is InChI=1S/C46H46BF6NO6Si/c1-28(20-29-12-11-13-34(55)21-29)18-19-39-40-30(27-59-61(44(2,3)4,35-14-7-5-8-15-35)36-16-9-6-10-17-36)22-37-41(38(40)26-47(58)60-39)43(57)54(42(37)56)33-24-31(45(48,49)50)23-32(25-33)46(51,52)53/h5-17,20-21,23-25,37-39,41,55,58H,18-19,22,26-27H2,1-4H3/b28-20+/t37-,38+,39-,41-/m1/s1. The third-order valence-electron chi connectivity index (χ3n) is 12.1. The number of anilines is 1. The lowest BCUT2D eigenvalue weighted by Gasteiger charge is -2.46. The molecule has 3 aliphatic rings. The van der Waals surface area contributed by atoms with Crippen molar-refractivity contribution in [3.05, 3.63) is 137 Å². The second kappa shape index (κ2) is 16.7. The third-order valence-corrected chi connectivity index (χ3v) is 17.1. The van der Waals surface area contributed by atoms with Crippen LogP contribution in [0.25, 0.3) is 6.08 Å². The number of nitrogens with zero attached hydrogens (tertiary/aromatic N) is 1. The number of hydrogen-bond acceptors (Lipinski definition) is 6. The molecule has 2 aliphatic heterocycles. The molecule has 61 heavy (non-hydrogen) atoms. The van der Waals surface area contributed by atoms with E-state index in [1.54, 1.807) is 18.2 Å². The van der Waals surface area contributed by atoms with Gasteiger partial charge in [0.1, 0.15) is 5.75 Å². The van der Waals surface area contributed by atoms with Crippen LogP contribution < -0.4 is 15.3 Å². The quantitative estimate of drug-likeness (QED) is 0.0715. The number of rotatable bonds is 10. The normalized spacial score (nSPS) is 21.5. The number of phenols is 1. The van der Waals surface area contributed by atoms with Crippen LogP contribution in [0.3, 0.4) is 0 Å². The second-order valence-electron chi connectivity index (χ2n) is 17.2. The van der Waals surface area contributed by atoms with E-state index in [1.807, 2.05) is 79.7 Å². The summed E-state index contributed by atoms with van der Waals surface area (Å²) in [6, 6.07) is 27.1. The second-order valence-corrected chi connectivity index (χ2v) is 21.5. The number of phenolic OH excluding ortho intramolecular Hbond substituents is 1. The zero-order valence-electron chi connectivity index (χ0n) is 34.1. The molecule has 0 aromatic heterocycles. The maximum Gasteiger partial charge on any atom is 0.455 e. The highest BCUT2D eigenvalue weighted by atomic mass is 28.4. The van der Waals surface area contributed by atoms with Gasteiger partial charge in [0.05, 0.1) is 41.4 Å². The Morgan fingerprint density at radius 2 is 1.43 bits per heavy atom. The van der Waals surface area contributed by atoms with Crippen molar-refractivity contribution >= 4 is 49.4 Å². The predicted molar refractivity (Wildman–Crippen MR) is 223 cm³/mol. The van der Waals surface area contributed by atoms with E-state index < -0.39 is 85.3 Å². The van der Waals surface area contributed by atoms with Gasteiger partial charge in [-0.15, -0.1) is 0 Å². The summed E-state index contributed by atoms with van der Waals surface area (Å²) < 4.78 is 97.7.